The van der Waals surface area contributed by atoms with Gasteiger partial charge in [0.05, 0.1) is 18.1 Å². The predicted octanol–water partition coefficient (Wildman–Crippen LogP) is 1.73. The molecule has 0 fully saturated rings. The minimum atomic E-state index is -0.377. The number of carbonyl (C=O) groups excluding carboxylic acids is 1. The summed E-state index contributed by atoms with van der Waals surface area (Å²) < 4.78 is 4.95. The number of carbonyl (C=O) groups is 1. The van der Waals surface area contributed by atoms with Gasteiger partial charge in [0.25, 0.3) is 0 Å². The first-order chi connectivity index (χ1) is 7.75. The van der Waals surface area contributed by atoms with Gasteiger partial charge in [0.1, 0.15) is 0 Å². The number of primary amides is 1. The van der Waals surface area contributed by atoms with Crippen LogP contribution in [0.5, 0.6) is 0 Å². The zero-order valence-corrected chi connectivity index (χ0v) is 9.42. The van der Waals surface area contributed by atoms with Crippen LogP contribution < -0.4 is 11.1 Å². The molecule has 3 N–H and O–H groups in total. The number of nitrogens with one attached hydrogen (secondary N) is 1. The molecule has 0 radical (unpaired) electrons. The summed E-state index contributed by atoms with van der Waals surface area (Å²) in [6, 6.07) is 3.73. The van der Waals surface area contributed by atoms with Crippen LogP contribution in [-0.4, -0.2) is 5.91 Å². The van der Waals surface area contributed by atoms with E-state index in [-0.39, 0.29) is 5.91 Å². The molecule has 2 aromatic heterocycles. The zero-order chi connectivity index (χ0) is 11.4. The summed E-state index contributed by atoms with van der Waals surface area (Å²) in [6.45, 7) is 1.48. The molecule has 2 rings (SSSR count). The normalized spacial score (nSPS) is 10.5. The molecule has 16 heavy (non-hydrogen) atoms. The number of hydrogen-bond acceptors (Lipinski definition) is 4. The number of hydrogen-bond donors (Lipinski definition) is 2. The van der Waals surface area contributed by atoms with Crippen molar-refractivity contribution in [1.29, 1.82) is 0 Å². The minimum absolute atomic E-state index is 0.377. The summed E-state index contributed by atoms with van der Waals surface area (Å²) >= 11 is 1.53. The molecular formula is C11H12N2O2S. The second kappa shape index (κ2) is 4.96. The van der Waals surface area contributed by atoms with Crippen LogP contribution in [0.1, 0.15) is 20.8 Å². The maximum atomic E-state index is 10.9. The molecule has 0 aliphatic heterocycles. The number of nitrogens with two attached hydrogens (primary N) is 1. The molecule has 0 saturated carbocycles. The van der Waals surface area contributed by atoms with E-state index in [1.165, 1.54) is 11.3 Å². The Hall–Kier alpha value is -1.59. The third kappa shape index (κ3) is 2.71. The molecule has 0 unspecified atom stereocenters. The summed E-state index contributed by atoms with van der Waals surface area (Å²) in [5.41, 5.74) is 6.85. The summed E-state index contributed by atoms with van der Waals surface area (Å²) in [5, 5.41) is 5.03. The van der Waals surface area contributed by atoms with Gasteiger partial charge in [0, 0.05) is 28.9 Å². The van der Waals surface area contributed by atoms with Crippen molar-refractivity contribution in [2.45, 2.75) is 13.1 Å². The Labute approximate surface area is 97.1 Å². The topological polar surface area (TPSA) is 68.3 Å². The van der Waals surface area contributed by atoms with Gasteiger partial charge in [-0.05, 0) is 12.1 Å². The van der Waals surface area contributed by atoms with Crippen LogP contribution >= 0.6 is 11.3 Å². The molecule has 84 valence electrons. The maximum absolute atomic E-state index is 10.9. The Kier molecular flexibility index (Phi) is 3.38. The van der Waals surface area contributed by atoms with Crippen molar-refractivity contribution >= 4 is 17.2 Å². The van der Waals surface area contributed by atoms with Gasteiger partial charge in [-0.2, -0.15) is 0 Å². The molecule has 5 heteroatoms. The standard InChI is InChI=1S/C11H12N2O2S/c12-11(14)9-3-10(16-7-9)5-13-4-8-1-2-15-6-8/h1-3,6-7,13H,4-5H2,(H2,12,14). The number of thiophene rings is 1. The fourth-order valence-corrected chi connectivity index (χ4v) is 2.17. The van der Waals surface area contributed by atoms with E-state index in [4.69, 9.17) is 10.2 Å². The van der Waals surface area contributed by atoms with Crippen LogP contribution in [0, 0.1) is 0 Å². The lowest BCUT2D eigenvalue weighted by Gasteiger charge is -1.99. The monoisotopic (exact) mass is 236 g/mol. The van der Waals surface area contributed by atoms with Crippen molar-refractivity contribution in [3.05, 3.63) is 46.0 Å². The average molecular weight is 236 g/mol. The molecule has 0 aliphatic rings. The zero-order valence-electron chi connectivity index (χ0n) is 8.60. The van der Waals surface area contributed by atoms with Gasteiger partial charge in [-0.3, -0.25) is 4.79 Å². The molecule has 2 aromatic rings. The van der Waals surface area contributed by atoms with Crippen LogP contribution in [-0.2, 0) is 13.1 Å². The van der Waals surface area contributed by atoms with Crippen molar-refractivity contribution in [3.8, 4) is 0 Å². The molecule has 1 amide bonds. The second-order valence-corrected chi connectivity index (χ2v) is 4.40. The second-order valence-electron chi connectivity index (χ2n) is 3.40. The third-order valence-electron chi connectivity index (χ3n) is 2.15. The molecule has 0 bridgehead atoms. The van der Waals surface area contributed by atoms with Crippen molar-refractivity contribution in [1.82, 2.24) is 5.32 Å². The van der Waals surface area contributed by atoms with Crippen LogP contribution in [0.2, 0.25) is 0 Å². The van der Waals surface area contributed by atoms with E-state index in [0.29, 0.717) is 5.56 Å². The molecule has 4 nitrogen and oxygen atoms in total. The van der Waals surface area contributed by atoms with E-state index in [1.54, 1.807) is 17.9 Å². The Bertz CT molecular complexity index is 462. The summed E-state index contributed by atoms with van der Waals surface area (Å²) in [7, 11) is 0. The van der Waals surface area contributed by atoms with Crippen LogP contribution in [0.3, 0.4) is 0 Å². The van der Waals surface area contributed by atoms with Gasteiger partial charge in [-0.1, -0.05) is 0 Å². The van der Waals surface area contributed by atoms with E-state index in [0.717, 1.165) is 23.5 Å². The fraction of sp³-hybridized carbons (Fsp3) is 0.182. The van der Waals surface area contributed by atoms with Crippen LogP contribution in [0.4, 0.5) is 0 Å². The average Bonchev–Trinajstić information content (AvgIpc) is 2.87. The Morgan fingerprint density at radius 1 is 1.50 bits per heavy atom. The summed E-state index contributed by atoms with van der Waals surface area (Å²) in [6.07, 6.45) is 3.35. The molecule has 2 heterocycles. The molecule has 0 aliphatic carbocycles. The van der Waals surface area contributed by atoms with Gasteiger partial charge >= 0.3 is 0 Å². The van der Waals surface area contributed by atoms with E-state index < -0.39 is 0 Å². The third-order valence-corrected chi connectivity index (χ3v) is 3.08. The highest BCUT2D eigenvalue weighted by Crippen LogP contribution is 2.14. The Balaban J connectivity index is 1.83. The Morgan fingerprint density at radius 2 is 2.38 bits per heavy atom. The van der Waals surface area contributed by atoms with Crippen molar-refractivity contribution in [2.24, 2.45) is 5.73 Å². The first kappa shape index (κ1) is 10.9. The molecule has 0 spiro atoms. The first-order valence-corrected chi connectivity index (χ1v) is 5.72. The lowest BCUT2D eigenvalue weighted by atomic mass is 10.3. The highest BCUT2D eigenvalue weighted by atomic mass is 32.1. The van der Waals surface area contributed by atoms with Crippen molar-refractivity contribution in [2.75, 3.05) is 0 Å². The highest BCUT2D eigenvalue weighted by Gasteiger charge is 2.04. The summed E-state index contributed by atoms with van der Waals surface area (Å²) in [5.74, 6) is -0.377. The van der Waals surface area contributed by atoms with E-state index in [9.17, 15) is 4.79 Å². The largest absolute Gasteiger partial charge is 0.472 e. The van der Waals surface area contributed by atoms with E-state index in [1.807, 2.05) is 12.1 Å². The van der Waals surface area contributed by atoms with Gasteiger partial charge in [0.15, 0.2) is 0 Å². The van der Waals surface area contributed by atoms with Gasteiger partial charge in [-0.15, -0.1) is 11.3 Å². The van der Waals surface area contributed by atoms with Crippen molar-refractivity contribution in [3.63, 3.8) is 0 Å². The van der Waals surface area contributed by atoms with Crippen LogP contribution in [0.15, 0.2) is 34.5 Å². The minimum Gasteiger partial charge on any atom is -0.472 e. The molecule has 0 atom stereocenters. The smallest absolute Gasteiger partial charge is 0.249 e. The summed E-state index contributed by atoms with van der Waals surface area (Å²) in [4.78, 5) is 12.0. The fourth-order valence-electron chi connectivity index (χ4n) is 1.33. The maximum Gasteiger partial charge on any atom is 0.249 e. The number of amides is 1. The highest BCUT2D eigenvalue weighted by molar-refractivity contribution is 7.10. The molecule has 0 saturated heterocycles. The lowest BCUT2D eigenvalue weighted by Crippen LogP contribution is -2.12. The van der Waals surface area contributed by atoms with Gasteiger partial charge in [-0.25, -0.2) is 0 Å². The number of furan rings is 1. The quantitative estimate of drug-likeness (QED) is 0.830. The van der Waals surface area contributed by atoms with Crippen LogP contribution in [0.25, 0.3) is 0 Å². The Morgan fingerprint density at radius 3 is 3.00 bits per heavy atom. The van der Waals surface area contributed by atoms with Gasteiger partial charge in [0.2, 0.25) is 5.91 Å². The number of rotatable bonds is 5. The molecular weight excluding hydrogens is 224 g/mol. The molecule has 0 aromatic carbocycles. The SMILES string of the molecule is NC(=O)c1csc(CNCc2ccoc2)c1. The lowest BCUT2D eigenvalue weighted by molar-refractivity contribution is 0.100. The van der Waals surface area contributed by atoms with Crippen molar-refractivity contribution < 1.29 is 9.21 Å². The van der Waals surface area contributed by atoms with E-state index >= 15 is 0 Å². The van der Waals surface area contributed by atoms with Gasteiger partial charge < -0.3 is 15.5 Å². The predicted molar refractivity (Wildman–Crippen MR) is 62.1 cm³/mol. The van der Waals surface area contributed by atoms with E-state index in [2.05, 4.69) is 5.32 Å². The first-order valence-electron chi connectivity index (χ1n) is 4.84.